The smallest absolute Gasteiger partial charge is 0.280 e. The van der Waals surface area contributed by atoms with Gasteiger partial charge in [0.1, 0.15) is 0 Å². The van der Waals surface area contributed by atoms with Crippen LogP contribution >= 0.6 is 0 Å². The molecule has 2 rings (SSSR count). The third-order valence-electron chi connectivity index (χ3n) is 2.65. The summed E-state index contributed by atoms with van der Waals surface area (Å²) in [5.74, 6) is 0. The van der Waals surface area contributed by atoms with Crippen LogP contribution in [0, 0.1) is 0 Å². The minimum Gasteiger partial charge on any atom is -0.339 e. The second kappa shape index (κ2) is 5.02. The molecule has 2 aromatic rings. The van der Waals surface area contributed by atoms with Gasteiger partial charge in [-0.3, -0.25) is 4.72 Å². The first-order valence-electron chi connectivity index (χ1n) is 5.75. The number of anilines is 1. The molecule has 0 amide bonds. The monoisotopic (exact) mass is 280 g/mol. The van der Waals surface area contributed by atoms with Gasteiger partial charge in [-0.15, -0.1) is 0 Å². The molecule has 0 saturated heterocycles. The standard InChI is InChI=1S/C12H16N4O2S/c1-9(13)10-5-3-4-6-11(10)15-19(17,18)12-7-16(2)8-14-12/h3-9,15H,13H2,1-2H3. The molecule has 0 fully saturated rings. The maximum absolute atomic E-state index is 12.2. The number of hydrogen-bond donors (Lipinski definition) is 2. The molecule has 0 aliphatic rings. The minimum absolute atomic E-state index is 0.0190. The second-order valence-electron chi connectivity index (χ2n) is 4.36. The van der Waals surface area contributed by atoms with E-state index < -0.39 is 10.0 Å². The lowest BCUT2D eigenvalue weighted by atomic mass is 10.1. The summed E-state index contributed by atoms with van der Waals surface area (Å²) in [7, 11) is -1.98. The van der Waals surface area contributed by atoms with Crippen molar-refractivity contribution >= 4 is 15.7 Å². The van der Waals surface area contributed by atoms with Gasteiger partial charge in [-0.1, -0.05) is 18.2 Å². The largest absolute Gasteiger partial charge is 0.339 e. The zero-order valence-electron chi connectivity index (χ0n) is 10.7. The molecule has 1 heterocycles. The lowest BCUT2D eigenvalue weighted by Crippen LogP contribution is -2.16. The normalized spacial score (nSPS) is 13.2. The first-order chi connectivity index (χ1) is 8.90. The van der Waals surface area contributed by atoms with Gasteiger partial charge in [0, 0.05) is 19.3 Å². The van der Waals surface area contributed by atoms with E-state index in [-0.39, 0.29) is 11.1 Å². The van der Waals surface area contributed by atoms with Gasteiger partial charge in [-0.25, -0.2) is 4.98 Å². The molecular weight excluding hydrogens is 264 g/mol. The van der Waals surface area contributed by atoms with Crippen LogP contribution < -0.4 is 10.5 Å². The van der Waals surface area contributed by atoms with Crippen molar-refractivity contribution in [3.8, 4) is 0 Å². The zero-order chi connectivity index (χ0) is 14.0. The Bertz CT molecular complexity index is 677. The highest BCUT2D eigenvalue weighted by Gasteiger charge is 2.19. The maximum Gasteiger partial charge on any atom is 0.280 e. The van der Waals surface area contributed by atoms with E-state index in [0.717, 1.165) is 5.56 Å². The molecule has 1 aromatic heterocycles. The first kappa shape index (κ1) is 13.6. The molecule has 1 atom stereocenters. The van der Waals surface area contributed by atoms with Crippen molar-refractivity contribution in [2.75, 3.05) is 4.72 Å². The van der Waals surface area contributed by atoms with E-state index >= 15 is 0 Å². The van der Waals surface area contributed by atoms with Crippen LogP contribution in [0.1, 0.15) is 18.5 Å². The molecule has 7 heteroatoms. The van der Waals surface area contributed by atoms with Crippen molar-refractivity contribution in [3.63, 3.8) is 0 Å². The van der Waals surface area contributed by atoms with Gasteiger partial charge < -0.3 is 10.3 Å². The molecule has 0 spiro atoms. The van der Waals surface area contributed by atoms with Crippen LogP contribution in [-0.4, -0.2) is 18.0 Å². The molecule has 0 aliphatic carbocycles. The number of nitrogens with zero attached hydrogens (tertiary/aromatic N) is 2. The number of benzene rings is 1. The number of hydrogen-bond acceptors (Lipinski definition) is 4. The fourth-order valence-corrected chi connectivity index (χ4v) is 2.78. The highest BCUT2D eigenvalue weighted by Crippen LogP contribution is 2.23. The fraction of sp³-hybridized carbons (Fsp3) is 0.250. The van der Waals surface area contributed by atoms with Crippen LogP contribution in [0.5, 0.6) is 0 Å². The second-order valence-corrected chi connectivity index (χ2v) is 5.99. The number of para-hydroxylation sites is 1. The summed E-state index contributed by atoms with van der Waals surface area (Å²) in [6.07, 6.45) is 2.88. The molecule has 102 valence electrons. The van der Waals surface area contributed by atoms with Gasteiger partial charge in [0.2, 0.25) is 0 Å². The number of nitrogens with two attached hydrogens (primary N) is 1. The maximum atomic E-state index is 12.2. The van der Waals surface area contributed by atoms with Crippen LogP contribution in [0.3, 0.4) is 0 Å². The summed E-state index contributed by atoms with van der Waals surface area (Å²) in [6.45, 7) is 1.80. The van der Waals surface area contributed by atoms with Crippen LogP contribution in [0.15, 0.2) is 41.8 Å². The van der Waals surface area contributed by atoms with Gasteiger partial charge in [0.15, 0.2) is 5.03 Å². The summed E-state index contributed by atoms with van der Waals surface area (Å²) in [5, 5.41) is -0.0190. The zero-order valence-corrected chi connectivity index (χ0v) is 11.6. The van der Waals surface area contributed by atoms with Crippen molar-refractivity contribution < 1.29 is 8.42 Å². The summed E-state index contributed by atoms with van der Waals surface area (Å²) in [6, 6.07) is 6.78. The van der Waals surface area contributed by atoms with Gasteiger partial charge in [-0.05, 0) is 18.6 Å². The van der Waals surface area contributed by atoms with E-state index in [2.05, 4.69) is 9.71 Å². The van der Waals surface area contributed by atoms with Crippen molar-refractivity contribution in [1.82, 2.24) is 9.55 Å². The van der Waals surface area contributed by atoms with E-state index in [9.17, 15) is 8.42 Å². The Balaban J connectivity index is 2.36. The van der Waals surface area contributed by atoms with Crippen LogP contribution in [-0.2, 0) is 17.1 Å². The Labute approximate surface area is 112 Å². The van der Waals surface area contributed by atoms with E-state index in [1.807, 2.05) is 6.07 Å². The Kier molecular flexibility index (Phi) is 3.59. The molecule has 0 radical (unpaired) electrons. The topological polar surface area (TPSA) is 90.0 Å². The Morgan fingerprint density at radius 1 is 1.37 bits per heavy atom. The quantitative estimate of drug-likeness (QED) is 0.881. The van der Waals surface area contributed by atoms with E-state index in [1.165, 1.54) is 12.5 Å². The van der Waals surface area contributed by atoms with E-state index in [1.54, 1.807) is 36.7 Å². The van der Waals surface area contributed by atoms with E-state index in [0.29, 0.717) is 5.69 Å². The molecule has 0 bridgehead atoms. The third-order valence-corrected chi connectivity index (χ3v) is 3.90. The van der Waals surface area contributed by atoms with Gasteiger partial charge in [0.25, 0.3) is 10.0 Å². The van der Waals surface area contributed by atoms with Gasteiger partial charge in [0.05, 0.1) is 12.0 Å². The molecule has 1 aromatic carbocycles. The molecule has 19 heavy (non-hydrogen) atoms. The average Bonchev–Trinajstić information content (AvgIpc) is 2.76. The SMILES string of the molecule is CC(N)c1ccccc1NS(=O)(=O)c1cn(C)cn1. The highest BCUT2D eigenvalue weighted by molar-refractivity contribution is 7.92. The molecule has 0 aliphatic heterocycles. The number of nitrogens with one attached hydrogen (secondary N) is 1. The van der Waals surface area contributed by atoms with Gasteiger partial charge >= 0.3 is 0 Å². The highest BCUT2D eigenvalue weighted by atomic mass is 32.2. The number of aryl methyl sites for hydroxylation is 1. The van der Waals surface area contributed by atoms with Crippen LogP contribution in [0.2, 0.25) is 0 Å². The number of sulfonamides is 1. The minimum atomic E-state index is -3.69. The molecule has 6 nitrogen and oxygen atoms in total. The molecule has 3 N–H and O–H groups in total. The number of rotatable bonds is 4. The number of imidazole rings is 1. The van der Waals surface area contributed by atoms with Crippen molar-refractivity contribution in [2.45, 2.75) is 18.0 Å². The molecular formula is C12H16N4O2S. The Hall–Kier alpha value is -1.86. The van der Waals surface area contributed by atoms with Gasteiger partial charge in [-0.2, -0.15) is 8.42 Å². The summed E-state index contributed by atoms with van der Waals surface area (Å²) in [5.41, 5.74) is 7.03. The predicted molar refractivity (Wildman–Crippen MR) is 73.1 cm³/mol. The van der Waals surface area contributed by atoms with Crippen molar-refractivity contribution in [3.05, 3.63) is 42.4 Å². The first-order valence-corrected chi connectivity index (χ1v) is 7.24. The molecule has 1 unspecified atom stereocenters. The van der Waals surface area contributed by atoms with E-state index in [4.69, 9.17) is 5.73 Å². The Morgan fingerprint density at radius 2 is 2.05 bits per heavy atom. The van der Waals surface area contributed by atoms with Crippen LogP contribution in [0.25, 0.3) is 0 Å². The third kappa shape index (κ3) is 2.94. The average molecular weight is 280 g/mol. The summed E-state index contributed by atoms with van der Waals surface area (Å²) in [4.78, 5) is 3.84. The Morgan fingerprint density at radius 3 is 2.63 bits per heavy atom. The predicted octanol–water partition coefficient (Wildman–Crippen LogP) is 1.24. The van der Waals surface area contributed by atoms with Crippen molar-refractivity contribution in [2.24, 2.45) is 12.8 Å². The van der Waals surface area contributed by atoms with Crippen molar-refractivity contribution in [1.29, 1.82) is 0 Å². The summed E-state index contributed by atoms with van der Waals surface area (Å²) >= 11 is 0. The number of aromatic nitrogens is 2. The fourth-order valence-electron chi connectivity index (χ4n) is 1.71. The lowest BCUT2D eigenvalue weighted by molar-refractivity contribution is 0.598. The summed E-state index contributed by atoms with van der Waals surface area (Å²) < 4.78 is 28.4. The molecule has 0 saturated carbocycles. The lowest BCUT2D eigenvalue weighted by Gasteiger charge is -2.13. The van der Waals surface area contributed by atoms with Crippen LogP contribution in [0.4, 0.5) is 5.69 Å².